The number of hydrogen-bond donors (Lipinski definition) is 3. The Balaban J connectivity index is 1.56. The molecule has 166 valence electrons. The Kier molecular flexibility index (Phi) is 5.82. The van der Waals surface area contributed by atoms with E-state index in [-0.39, 0.29) is 18.6 Å². The summed E-state index contributed by atoms with van der Waals surface area (Å²) < 4.78 is 27.0. The van der Waals surface area contributed by atoms with Gasteiger partial charge < -0.3 is 15.2 Å². The molecule has 0 radical (unpaired) electrons. The molecule has 1 aliphatic carbocycles. The number of nitrogens with zero attached hydrogens (tertiary/aromatic N) is 4. The van der Waals surface area contributed by atoms with Gasteiger partial charge in [0, 0.05) is 31.4 Å². The minimum absolute atomic E-state index is 0.0885. The van der Waals surface area contributed by atoms with E-state index >= 15 is 0 Å². The predicted molar refractivity (Wildman–Crippen MR) is 120 cm³/mol. The van der Waals surface area contributed by atoms with Crippen LogP contribution in [0.2, 0.25) is 0 Å². The minimum atomic E-state index is -3.93. The van der Waals surface area contributed by atoms with Gasteiger partial charge in [-0.3, -0.25) is 4.18 Å². The Bertz CT molecular complexity index is 1180. The number of benzene rings is 1. The van der Waals surface area contributed by atoms with Crippen LogP contribution in [-0.2, 0) is 14.5 Å². The van der Waals surface area contributed by atoms with Crippen molar-refractivity contribution in [2.45, 2.75) is 25.8 Å². The molecule has 0 bridgehead atoms. The summed E-state index contributed by atoms with van der Waals surface area (Å²) in [5.41, 5.74) is 3.35. The maximum Gasteiger partial charge on any atom is 0.333 e. The molecule has 1 fully saturated rings. The number of aromatic nitrogens is 4. The summed E-state index contributed by atoms with van der Waals surface area (Å²) in [6.07, 6.45) is 3.12. The van der Waals surface area contributed by atoms with Crippen molar-refractivity contribution in [1.82, 2.24) is 19.9 Å². The lowest BCUT2D eigenvalue weighted by Crippen LogP contribution is -2.22. The summed E-state index contributed by atoms with van der Waals surface area (Å²) in [6, 6.07) is 8.14. The van der Waals surface area contributed by atoms with Gasteiger partial charge in [0.25, 0.3) is 0 Å². The summed E-state index contributed by atoms with van der Waals surface area (Å²) in [7, 11) is 0.0511. The Morgan fingerprint density at radius 2 is 2.03 bits per heavy atom. The van der Waals surface area contributed by atoms with Crippen LogP contribution in [0.1, 0.15) is 19.8 Å². The highest BCUT2D eigenvalue weighted by molar-refractivity contribution is 7.84. The van der Waals surface area contributed by atoms with Crippen LogP contribution in [0, 0.1) is 11.8 Å². The highest BCUT2D eigenvalue weighted by Gasteiger charge is 2.33. The lowest BCUT2D eigenvalue weighted by Gasteiger charge is -2.15. The van der Waals surface area contributed by atoms with E-state index in [1.807, 2.05) is 43.3 Å². The average molecular weight is 446 g/mol. The molecular weight excluding hydrogens is 418 g/mol. The Morgan fingerprint density at radius 1 is 1.26 bits per heavy atom. The van der Waals surface area contributed by atoms with Crippen molar-refractivity contribution in [2.75, 3.05) is 30.9 Å². The van der Waals surface area contributed by atoms with Gasteiger partial charge in [0.2, 0.25) is 0 Å². The SMILES string of the molecule is C[C@H]1C[C@H](Nc2ncnc3[nH]c(-c4ccccc4N(C)C)nc23)C[C@H]1COS(N)(=O)=O. The normalized spacial score (nSPS) is 21.5. The van der Waals surface area contributed by atoms with Gasteiger partial charge in [-0.15, -0.1) is 0 Å². The second kappa shape index (κ2) is 8.40. The summed E-state index contributed by atoms with van der Waals surface area (Å²) in [6.45, 7) is 2.17. The van der Waals surface area contributed by atoms with Gasteiger partial charge in [-0.05, 0) is 36.8 Å². The van der Waals surface area contributed by atoms with E-state index in [1.54, 1.807) is 0 Å². The number of imidazole rings is 1. The molecule has 4 rings (SSSR count). The smallest absolute Gasteiger partial charge is 0.333 e. The molecule has 0 spiro atoms. The third-order valence-electron chi connectivity index (χ3n) is 5.76. The number of aromatic amines is 1. The first-order chi connectivity index (χ1) is 14.7. The minimum Gasteiger partial charge on any atom is -0.377 e. The third kappa shape index (κ3) is 4.78. The molecule has 1 aromatic carbocycles. The maximum absolute atomic E-state index is 11.1. The average Bonchev–Trinajstić information content (AvgIpc) is 3.29. The van der Waals surface area contributed by atoms with Gasteiger partial charge >= 0.3 is 10.3 Å². The fraction of sp³-hybridized carbons (Fsp3) is 0.450. The lowest BCUT2D eigenvalue weighted by molar-refractivity contribution is 0.227. The van der Waals surface area contributed by atoms with E-state index in [2.05, 4.69) is 27.2 Å². The van der Waals surface area contributed by atoms with E-state index in [4.69, 9.17) is 14.3 Å². The van der Waals surface area contributed by atoms with E-state index in [1.165, 1.54) is 6.33 Å². The Morgan fingerprint density at radius 3 is 2.77 bits per heavy atom. The first-order valence-electron chi connectivity index (χ1n) is 10.1. The van der Waals surface area contributed by atoms with E-state index in [9.17, 15) is 8.42 Å². The van der Waals surface area contributed by atoms with Gasteiger partial charge in [0.1, 0.15) is 12.2 Å². The molecule has 2 aromatic heterocycles. The van der Waals surface area contributed by atoms with Crippen LogP contribution in [0.5, 0.6) is 0 Å². The Labute approximate surface area is 181 Å². The second-order valence-corrected chi connectivity index (χ2v) is 9.47. The van der Waals surface area contributed by atoms with Crippen molar-refractivity contribution in [1.29, 1.82) is 0 Å². The maximum atomic E-state index is 11.1. The second-order valence-electron chi connectivity index (χ2n) is 8.24. The molecule has 3 aromatic rings. The summed E-state index contributed by atoms with van der Waals surface area (Å²) in [4.78, 5) is 18.9. The molecule has 2 heterocycles. The first-order valence-corrected chi connectivity index (χ1v) is 11.6. The zero-order valence-electron chi connectivity index (χ0n) is 17.7. The van der Waals surface area contributed by atoms with Crippen molar-refractivity contribution in [3.63, 3.8) is 0 Å². The van der Waals surface area contributed by atoms with Gasteiger partial charge in [-0.1, -0.05) is 19.1 Å². The van der Waals surface area contributed by atoms with Crippen molar-refractivity contribution in [3.8, 4) is 11.4 Å². The molecule has 0 saturated heterocycles. The predicted octanol–water partition coefficient (Wildman–Crippen LogP) is 2.13. The number of nitrogens with one attached hydrogen (secondary N) is 2. The number of nitrogens with two attached hydrogens (primary N) is 1. The summed E-state index contributed by atoms with van der Waals surface area (Å²) >= 11 is 0. The molecule has 1 saturated carbocycles. The van der Waals surface area contributed by atoms with Gasteiger partial charge in [0.15, 0.2) is 17.0 Å². The van der Waals surface area contributed by atoms with E-state index in [0.29, 0.717) is 22.9 Å². The number of para-hydroxylation sites is 1. The molecule has 1 aliphatic rings. The summed E-state index contributed by atoms with van der Waals surface area (Å²) in [5, 5.41) is 8.42. The van der Waals surface area contributed by atoms with Crippen molar-refractivity contribution in [2.24, 2.45) is 17.0 Å². The van der Waals surface area contributed by atoms with Gasteiger partial charge in [-0.2, -0.15) is 8.42 Å². The topological polar surface area (TPSA) is 139 Å². The zero-order chi connectivity index (χ0) is 22.2. The van der Waals surface area contributed by atoms with E-state index < -0.39 is 10.3 Å². The highest BCUT2D eigenvalue weighted by Crippen LogP contribution is 2.35. The third-order valence-corrected chi connectivity index (χ3v) is 6.22. The van der Waals surface area contributed by atoms with Crippen LogP contribution in [-0.4, -0.2) is 55.1 Å². The first kappa shape index (κ1) is 21.5. The quantitative estimate of drug-likeness (QED) is 0.503. The molecule has 31 heavy (non-hydrogen) atoms. The van der Waals surface area contributed by atoms with Gasteiger partial charge in [0.05, 0.1) is 6.61 Å². The van der Waals surface area contributed by atoms with Crippen LogP contribution >= 0.6 is 0 Å². The molecule has 3 atom stereocenters. The molecule has 0 aliphatic heterocycles. The van der Waals surface area contributed by atoms with Crippen LogP contribution in [0.4, 0.5) is 11.5 Å². The molecule has 11 heteroatoms. The van der Waals surface area contributed by atoms with Crippen LogP contribution in [0.3, 0.4) is 0 Å². The number of fused-ring (bicyclic) bond motifs is 1. The van der Waals surface area contributed by atoms with Crippen LogP contribution in [0.15, 0.2) is 30.6 Å². The number of H-pyrrole nitrogens is 1. The fourth-order valence-electron chi connectivity index (χ4n) is 4.19. The largest absolute Gasteiger partial charge is 0.377 e. The fourth-order valence-corrected chi connectivity index (χ4v) is 4.55. The summed E-state index contributed by atoms with van der Waals surface area (Å²) in [5.74, 6) is 1.76. The number of hydrogen-bond acceptors (Lipinski definition) is 8. The molecule has 0 unspecified atom stereocenters. The monoisotopic (exact) mass is 445 g/mol. The molecule has 10 nitrogen and oxygen atoms in total. The van der Waals surface area contributed by atoms with Crippen LogP contribution < -0.4 is 15.4 Å². The highest BCUT2D eigenvalue weighted by atomic mass is 32.2. The van der Waals surface area contributed by atoms with Crippen molar-refractivity contribution in [3.05, 3.63) is 30.6 Å². The zero-order valence-corrected chi connectivity index (χ0v) is 18.6. The molecule has 0 amide bonds. The van der Waals surface area contributed by atoms with Crippen molar-refractivity contribution >= 4 is 33.0 Å². The van der Waals surface area contributed by atoms with Crippen molar-refractivity contribution < 1.29 is 12.6 Å². The molecule has 4 N–H and O–H groups in total. The van der Waals surface area contributed by atoms with Crippen LogP contribution in [0.25, 0.3) is 22.6 Å². The number of rotatable bonds is 7. The van der Waals surface area contributed by atoms with E-state index in [0.717, 1.165) is 29.9 Å². The molecular formula is C20H27N7O3S. The standard InChI is InChI=1S/C20H27N7O3S/c1-12-8-14(9-13(12)10-30-31(21,28)29)24-19-17-20(23-11-22-19)26-18(25-17)15-6-4-5-7-16(15)27(2)3/h4-7,11-14H,8-10H2,1-3H3,(H2,21,28,29)(H2,22,23,24,25,26)/t12-,13-,14-/m0/s1. The van der Waals surface area contributed by atoms with Gasteiger partial charge in [-0.25, -0.2) is 20.1 Å². The number of anilines is 2. The Hall–Kier alpha value is -2.76. The lowest BCUT2D eigenvalue weighted by atomic mass is 10.00.